The Labute approximate surface area is 202 Å². The molecule has 34 heavy (non-hydrogen) atoms. The van der Waals surface area contributed by atoms with Crippen LogP contribution in [0.3, 0.4) is 0 Å². The van der Waals surface area contributed by atoms with Crippen molar-refractivity contribution in [2.45, 2.75) is 6.36 Å². The minimum absolute atomic E-state index is 0.333. The van der Waals surface area contributed by atoms with Crippen LogP contribution in [0.1, 0.15) is 0 Å². The van der Waals surface area contributed by atoms with E-state index in [4.69, 9.17) is 33.2 Å². The molecule has 4 nitrogen and oxygen atoms in total. The smallest absolute Gasteiger partial charge is 0.406 e. The van der Waals surface area contributed by atoms with Crippen LogP contribution in [0.4, 0.5) is 30.5 Å². The molecule has 0 amide bonds. The van der Waals surface area contributed by atoms with Gasteiger partial charge in [-0.1, -0.05) is 47.5 Å². The fourth-order valence-electron chi connectivity index (χ4n) is 3.63. The summed E-state index contributed by atoms with van der Waals surface area (Å²) in [5.74, 6) is 0.619. The van der Waals surface area contributed by atoms with E-state index in [0.717, 1.165) is 10.8 Å². The third-order valence-corrected chi connectivity index (χ3v) is 5.71. The summed E-state index contributed by atoms with van der Waals surface area (Å²) in [5.41, 5.74) is 1.69. The van der Waals surface area contributed by atoms with Gasteiger partial charge in [-0.3, -0.25) is 4.90 Å². The Bertz CT molecular complexity index is 1420. The Hall–Kier alpha value is -3.55. The zero-order valence-corrected chi connectivity index (χ0v) is 18.7. The fraction of sp³-hybridized carbons (Fsp3) is 0.0400. The predicted octanol–water partition coefficient (Wildman–Crippen LogP) is 8.46. The van der Waals surface area contributed by atoms with Gasteiger partial charge in [0.1, 0.15) is 17.4 Å². The number of para-hydroxylation sites is 2. The number of aromatic nitrogens is 2. The van der Waals surface area contributed by atoms with Crippen LogP contribution in [0.5, 0.6) is 5.75 Å². The number of fused-ring (bicyclic) bond motifs is 2. The van der Waals surface area contributed by atoms with Gasteiger partial charge in [0.25, 0.3) is 0 Å². The summed E-state index contributed by atoms with van der Waals surface area (Å²) in [6.07, 6.45) is -4.78. The molecule has 0 spiro atoms. The van der Waals surface area contributed by atoms with Crippen molar-refractivity contribution < 1.29 is 17.9 Å². The van der Waals surface area contributed by atoms with Gasteiger partial charge in [-0.05, 0) is 60.7 Å². The minimum atomic E-state index is -4.78. The SMILES string of the molecule is FC(F)(F)Oc1ccc(N(c2ccc3cccc(Cl)c3n2)c2ccc3cccc(Cl)c3n2)cc1. The number of hydrogen-bond acceptors (Lipinski definition) is 4. The number of ether oxygens (including phenoxy) is 1. The number of nitrogens with zero attached hydrogens (tertiary/aromatic N) is 3. The third kappa shape index (κ3) is 4.44. The van der Waals surface area contributed by atoms with Crippen LogP contribution >= 0.6 is 23.2 Å². The van der Waals surface area contributed by atoms with Crippen molar-refractivity contribution in [3.63, 3.8) is 0 Å². The van der Waals surface area contributed by atoms with Crippen molar-refractivity contribution in [2.75, 3.05) is 4.90 Å². The summed E-state index contributed by atoms with van der Waals surface area (Å²) in [6, 6.07) is 23.7. The zero-order chi connectivity index (χ0) is 23.9. The van der Waals surface area contributed by atoms with E-state index in [0.29, 0.717) is 38.4 Å². The van der Waals surface area contributed by atoms with E-state index in [1.807, 2.05) is 36.4 Å². The van der Waals surface area contributed by atoms with E-state index >= 15 is 0 Å². The first-order chi connectivity index (χ1) is 16.3. The second kappa shape index (κ2) is 8.66. The third-order valence-electron chi connectivity index (χ3n) is 5.10. The molecule has 9 heteroatoms. The Morgan fingerprint density at radius 1 is 0.647 bits per heavy atom. The molecular weight excluding hydrogens is 486 g/mol. The van der Waals surface area contributed by atoms with Crippen molar-refractivity contribution in [3.05, 3.63) is 95.0 Å². The molecule has 0 N–H and O–H groups in total. The Morgan fingerprint density at radius 2 is 1.15 bits per heavy atom. The maximum absolute atomic E-state index is 12.6. The molecule has 170 valence electrons. The van der Waals surface area contributed by atoms with Crippen LogP contribution in [0.25, 0.3) is 21.8 Å². The van der Waals surface area contributed by atoms with Gasteiger partial charge >= 0.3 is 6.36 Å². The highest BCUT2D eigenvalue weighted by Gasteiger charge is 2.31. The van der Waals surface area contributed by atoms with Crippen LogP contribution < -0.4 is 9.64 Å². The van der Waals surface area contributed by atoms with Gasteiger partial charge in [0.15, 0.2) is 0 Å². The molecule has 0 bridgehead atoms. The Morgan fingerprint density at radius 3 is 1.62 bits per heavy atom. The zero-order valence-electron chi connectivity index (χ0n) is 17.2. The highest BCUT2D eigenvalue weighted by molar-refractivity contribution is 6.35. The van der Waals surface area contributed by atoms with Gasteiger partial charge in [-0.2, -0.15) is 0 Å². The molecule has 0 fully saturated rings. The minimum Gasteiger partial charge on any atom is -0.406 e. The van der Waals surface area contributed by atoms with Crippen molar-refractivity contribution >= 4 is 62.3 Å². The van der Waals surface area contributed by atoms with E-state index in [9.17, 15) is 13.2 Å². The lowest BCUT2D eigenvalue weighted by Gasteiger charge is -2.24. The van der Waals surface area contributed by atoms with Crippen LogP contribution in [0, 0.1) is 0 Å². The molecule has 2 aromatic heterocycles. The number of anilines is 3. The molecule has 5 aromatic rings. The van der Waals surface area contributed by atoms with Crippen LogP contribution in [-0.2, 0) is 0 Å². The second-order valence-corrected chi connectivity index (χ2v) is 8.15. The number of benzene rings is 3. The first-order valence-corrected chi connectivity index (χ1v) is 10.8. The first-order valence-electron chi connectivity index (χ1n) is 10.0. The van der Waals surface area contributed by atoms with Crippen molar-refractivity contribution in [1.29, 1.82) is 0 Å². The van der Waals surface area contributed by atoms with Gasteiger partial charge in [0.2, 0.25) is 0 Å². The first kappa shape index (κ1) is 22.3. The quantitative estimate of drug-likeness (QED) is 0.248. The van der Waals surface area contributed by atoms with Gasteiger partial charge in [-0.15, -0.1) is 13.2 Å². The summed E-state index contributed by atoms with van der Waals surface area (Å²) in [6.45, 7) is 0. The lowest BCUT2D eigenvalue weighted by atomic mass is 10.2. The Kier molecular flexibility index (Phi) is 5.67. The summed E-state index contributed by atoms with van der Waals surface area (Å²) in [5, 5.41) is 2.64. The molecule has 2 heterocycles. The topological polar surface area (TPSA) is 38.2 Å². The summed E-state index contributed by atoms with van der Waals surface area (Å²) >= 11 is 12.7. The molecule has 3 aromatic carbocycles. The van der Waals surface area contributed by atoms with E-state index in [-0.39, 0.29) is 5.75 Å². The maximum atomic E-state index is 12.6. The van der Waals surface area contributed by atoms with Crippen molar-refractivity contribution in [3.8, 4) is 5.75 Å². The number of alkyl halides is 3. The monoisotopic (exact) mass is 499 g/mol. The lowest BCUT2D eigenvalue weighted by Crippen LogP contribution is -2.17. The summed E-state index contributed by atoms with van der Waals surface area (Å²) < 4.78 is 41.9. The lowest BCUT2D eigenvalue weighted by molar-refractivity contribution is -0.274. The number of hydrogen-bond donors (Lipinski definition) is 0. The normalized spacial score (nSPS) is 11.7. The number of pyridine rings is 2. The molecule has 0 unspecified atom stereocenters. The van der Waals surface area contributed by atoms with Crippen LogP contribution in [0.2, 0.25) is 10.0 Å². The largest absolute Gasteiger partial charge is 0.573 e. The van der Waals surface area contributed by atoms with Crippen LogP contribution in [0.15, 0.2) is 84.9 Å². The standard InChI is InChI=1S/C25H14Cl2F3N3O/c26-19-5-1-3-15-7-13-21(31-23(15)19)33(17-9-11-18(12-10-17)34-25(28,29)30)22-14-8-16-4-2-6-20(27)24(16)32-22/h1-14H. The summed E-state index contributed by atoms with van der Waals surface area (Å²) in [7, 11) is 0. The molecule has 0 saturated carbocycles. The highest BCUT2D eigenvalue weighted by Crippen LogP contribution is 2.37. The van der Waals surface area contributed by atoms with Crippen molar-refractivity contribution in [1.82, 2.24) is 9.97 Å². The predicted molar refractivity (Wildman–Crippen MR) is 128 cm³/mol. The van der Waals surface area contributed by atoms with E-state index < -0.39 is 6.36 Å². The maximum Gasteiger partial charge on any atom is 0.573 e. The second-order valence-electron chi connectivity index (χ2n) is 7.34. The van der Waals surface area contributed by atoms with E-state index in [2.05, 4.69) is 4.74 Å². The van der Waals surface area contributed by atoms with Crippen molar-refractivity contribution in [2.24, 2.45) is 0 Å². The molecule has 0 aliphatic carbocycles. The van der Waals surface area contributed by atoms with Gasteiger partial charge < -0.3 is 4.74 Å². The van der Waals surface area contributed by atoms with E-state index in [1.165, 1.54) is 24.3 Å². The van der Waals surface area contributed by atoms with Gasteiger partial charge in [0, 0.05) is 16.5 Å². The average molecular weight is 500 g/mol. The highest BCUT2D eigenvalue weighted by atomic mass is 35.5. The molecule has 5 rings (SSSR count). The average Bonchev–Trinajstić information content (AvgIpc) is 2.80. The van der Waals surface area contributed by atoms with Gasteiger partial charge in [-0.25, -0.2) is 9.97 Å². The molecule has 0 radical (unpaired) electrons. The molecular formula is C25H14Cl2F3N3O. The molecule has 0 aliphatic rings. The van der Waals surface area contributed by atoms with Crippen LogP contribution in [-0.4, -0.2) is 16.3 Å². The number of halogens is 5. The fourth-order valence-corrected chi connectivity index (χ4v) is 4.08. The van der Waals surface area contributed by atoms with E-state index in [1.54, 1.807) is 29.2 Å². The molecule has 0 atom stereocenters. The van der Waals surface area contributed by atoms with Gasteiger partial charge in [0.05, 0.1) is 21.1 Å². The Balaban J connectivity index is 1.67. The molecule has 0 aliphatic heterocycles. The number of rotatable bonds is 4. The molecule has 0 saturated heterocycles. The summed E-state index contributed by atoms with van der Waals surface area (Å²) in [4.78, 5) is 11.2.